The number of nitrogens with one attached hydrogen (secondary N) is 3. The average Bonchev–Trinajstić information content (AvgIpc) is 2.99. The third kappa shape index (κ3) is 4.61. The summed E-state index contributed by atoms with van der Waals surface area (Å²) in [6, 6.07) is 8.44. The third-order valence-corrected chi connectivity index (χ3v) is 5.61. The van der Waals surface area contributed by atoms with E-state index in [1.54, 1.807) is 12.1 Å². The average molecular weight is 434 g/mol. The van der Waals surface area contributed by atoms with Crippen molar-refractivity contribution in [2.24, 2.45) is 0 Å². The number of amides is 2. The molecule has 128 valence electrons. The summed E-state index contributed by atoms with van der Waals surface area (Å²) in [5, 5.41) is 0. The Kier molecular flexibility index (Phi) is 6.07. The van der Waals surface area contributed by atoms with Gasteiger partial charge in [0, 0.05) is 5.56 Å². The summed E-state index contributed by atoms with van der Waals surface area (Å²) in [5.41, 5.74) is 4.71. The molecule has 0 radical (unpaired) electrons. The molecule has 0 atom stereocenters. The lowest BCUT2D eigenvalue weighted by atomic mass is 10.2. The lowest BCUT2D eigenvalue weighted by molar-refractivity contribution is 0.0849. The predicted molar refractivity (Wildman–Crippen MR) is 90.7 cm³/mol. The van der Waals surface area contributed by atoms with Gasteiger partial charge in [0.1, 0.15) is 0 Å². The monoisotopic (exact) mass is 433 g/mol. The van der Waals surface area contributed by atoms with E-state index < -0.39 is 21.8 Å². The third-order valence-electron chi connectivity index (χ3n) is 2.71. The van der Waals surface area contributed by atoms with Gasteiger partial charge in [-0.1, -0.05) is 4.89 Å². The van der Waals surface area contributed by atoms with Crippen molar-refractivity contribution in [1.82, 2.24) is 15.7 Å². The SMILES string of the molecule is CONS(=O)(=O)c1ccc(C(=O)NNC(=O)c2ccc(Br)s2)cc1. The van der Waals surface area contributed by atoms with Gasteiger partial charge in [0.2, 0.25) is 0 Å². The van der Waals surface area contributed by atoms with E-state index in [9.17, 15) is 18.0 Å². The largest absolute Gasteiger partial charge is 0.290 e. The summed E-state index contributed by atoms with van der Waals surface area (Å²) in [7, 11) is -2.61. The highest BCUT2D eigenvalue weighted by atomic mass is 79.9. The van der Waals surface area contributed by atoms with Crippen molar-refractivity contribution in [2.45, 2.75) is 4.90 Å². The number of hydrogen-bond donors (Lipinski definition) is 3. The fourth-order valence-electron chi connectivity index (χ4n) is 1.63. The lowest BCUT2D eigenvalue weighted by Gasteiger charge is -2.07. The molecular weight excluding hydrogens is 422 g/mol. The first kappa shape index (κ1) is 18.5. The van der Waals surface area contributed by atoms with Gasteiger partial charge >= 0.3 is 0 Å². The van der Waals surface area contributed by atoms with E-state index in [2.05, 4.69) is 31.6 Å². The van der Waals surface area contributed by atoms with Gasteiger partial charge in [-0.3, -0.25) is 25.3 Å². The summed E-state index contributed by atoms with van der Waals surface area (Å²) in [5.74, 6) is -1.04. The molecule has 0 unspecified atom stereocenters. The van der Waals surface area contributed by atoms with Crippen LogP contribution in [0.5, 0.6) is 0 Å². The van der Waals surface area contributed by atoms with Gasteiger partial charge in [0.25, 0.3) is 21.8 Å². The molecule has 2 aromatic rings. The maximum atomic E-state index is 12.0. The van der Waals surface area contributed by atoms with E-state index in [0.717, 1.165) is 3.79 Å². The molecule has 0 saturated heterocycles. The predicted octanol–water partition coefficient (Wildman–Crippen LogP) is 1.43. The zero-order chi connectivity index (χ0) is 17.7. The second-order valence-corrected chi connectivity index (χ2v) is 8.44. The van der Waals surface area contributed by atoms with Crippen molar-refractivity contribution in [3.63, 3.8) is 0 Å². The van der Waals surface area contributed by atoms with Crippen LogP contribution in [-0.2, 0) is 14.9 Å². The van der Waals surface area contributed by atoms with Crippen LogP contribution in [-0.4, -0.2) is 27.3 Å². The minimum Gasteiger partial charge on any atom is -0.290 e. The van der Waals surface area contributed by atoms with Crippen molar-refractivity contribution in [3.05, 3.63) is 50.6 Å². The van der Waals surface area contributed by atoms with Crippen LogP contribution in [0, 0.1) is 0 Å². The number of thiophene rings is 1. The Morgan fingerprint density at radius 2 is 1.67 bits per heavy atom. The standard InChI is InChI=1S/C13H12BrN3O5S2/c1-22-17-24(20,21)9-4-2-8(3-5-9)12(18)15-16-13(19)10-6-7-11(14)23-10/h2-7,17H,1H3,(H,15,18)(H,16,19). The van der Waals surface area contributed by atoms with Crippen LogP contribution in [0.2, 0.25) is 0 Å². The minimum atomic E-state index is -3.79. The van der Waals surface area contributed by atoms with Crippen LogP contribution in [0.25, 0.3) is 0 Å². The highest BCUT2D eigenvalue weighted by Crippen LogP contribution is 2.21. The normalized spacial score (nSPS) is 11.1. The molecule has 0 aliphatic heterocycles. The summed E-state index contributed by atoms with van der Waals surface area (Å²) >= 11 is 4.46. The molecule has 1 aromatic heterocycles. The van der Waals surface area contributed by atoms with Gasteiger partial charge in [0.15, 0.2) is 0 Å². The Hall–Kier alpha value is -1.79. The van der Waals surface area contributed by atoms with Crippen LogP contribution >= 0.6 is 27.3 Å². The number of halogens is 1. The van der Waals surface area contributed by atoms with E-state index in [1.165, 1.54) is 42.7 Å². The molecule has 2 rings (SSSR count). The number of hydrazine groups is 1. The first-order valence-corrected chi connectivity index (χ1v) is 9.43. The number of rotatable bonds is 5. The Bertz CT molecular complexity index is 849. The number of hydrogen-bond acceptors (Lipinski definition) is 6. The maximum absolute atomic E-state index is 12.0. The molecule has 0 fully saturated rings. The topological polar surface area (TPSA) is 114 Å². The van der Waals surface area contributed by atoms with Gasteiger partial charge in [0.05, 0.1) is 20.7 Å². The number of sulfonamides is 1. The first-order chi connectivity index (χ1) is 11.3. The smallest absolute Gasteiger partial charge is 0.279 e. The Labute approximate surface area is 150 Å². The summed E-state index contributed by atoms with van der Waals surface area (Å²) in [6.45, 7) is 0. The fraction of sp³-hybridized carbons (Fsp3) is 0.0769. The molecule has 3 N–H and O–H groups in total. The quantitative estimate of drug-likeness (QED) is 0.617. The second kappa shape index (κ2) is 7.85. The van der Waals surface area contributed by atoms with Crippen LogP contribution in [0.3, 0.4) is 0 Å². The van der Waals surface area contributed by atoms with Crippen LogP contribution in [0.15, 0.2) is 45.1 Å². The second-order valence-electron chi connectivity index (χ2n) is 4.33. The summed E-state index contributed by atoms with van der Waals surface area (Å²) in [4.78, 5) is 30.4. The van der Waals surface area contributed by atoms with Crippen molar-refractivity contribution in [3.8, 4) is 0 Å². The van der Waals surface area contributed by atoms with E-state index in [0.29, 0.717) is 4.88 Å². The zero-order valence-corrected chi connectivity index (χ0v) is 15.4. The lowest BCUT2D eigenvalue weighted by Crippen LogP contribution is -2.41. The number of benzene rings is 1. The molecule has 1 heterocycles. The van der Waals surface area contributed by atoms with Gasteiger partial charge in [-0.15, -0.1) is 11.3 Å². The van der Waals surface area contributed by atoms with E-state index in [-0.39, 0.29) is 10.5 Å². The number of carbonyl (C=O) groups is 2. The van der Waals surface area contributed by atoms with Crippen molar-refractivity contribution < 1.29 is 22.8 Å². The Balaban J connectivity index is 1.99. The maximum Gasteiger partial charge on any atom is 0.279 e. The molecule has 0 bridgehead atoms. The van der Waals surface area contributed by atoms with E-state index >= 15 is 0 Å². The minimum absolute atomic E-state index is 0.0617. The van der Waals surface area contributed by atoms with Gasteiger partial charge in [-0.25, -0.2) is 8.42 Å². The molecular formula is C13H12BrN3O5S2. The van der Waals surface area contributed by atoms with Gasteiger partial charge in [-0.05, 0) is 52.3 Å². The zero-order valence-electron chi connectivity index (χ0n) is 12.2. The molecule has 0 aliphatic rings. The fourth-order valence-corrected chi connectivity index (χ4v) is 3.72. The van der Waals surface area contributed by atoms with Crippen molar-refractivity contribution in [1.29, 1.82) is 0 Å². The van der Waals surface area contributed by atoms with Crippen molar-refractivity contribution >= 4 is 49.1 Å². The Morgan fingerprint density at radius 1 is 1.04 bits per heavy atom. The molecule has 1 aromatic carbocycles. The molecule has 24 heavy (non-hydrogen) atoms. The molecule has 0 saturated carbocycles. The number of carbonyl (C=O) groups excluding carboxylic acids is 2. The summed E-state index contributed by atoms with van der Waals surface area (Å²) in [6.07, 6.45) is 0. The van der Waals surface area contributed by atoms with Crippen molar-refractivity contribution in [2.75, 3.05) is 7.11 Å². The molecule has 0 aliphatic carbocycles. The van der Waals surface area contributed by atoms with Crippen LogP contribution in [0.1, 0.15) is 20.0 Å². The Morgan fingerprint density at radius 3 is 2.21 bits per heavy atom. The van der Waals surface area contributed by atoms with Crippen LogP contribution < -0.4 is 15.7 Å². The highest BCUT2D eigenvalue weighted by Gasteiger charge is 2.15. The molecule has 8 nitrogen and oxygen atoms in total. The first-order valence-electron chi connectivity index (χ1n) is 6.34. The van der Waals surface area contributed by atoms with Gasteiger partial charge < -0.3 is 0 Å². The molecule has 0 spiro atoms. The van der Waals surface area contributed by atoms with E-state index in [1.807, 2.05) is 4.89 Å². The van der Waals surface area contributed by atoms with Gasteiger partial charge in [-0.2, -0.15) is 0 Å². The molecule has 11 heteroatoms. The summed E-state index contributed by atoms with van der Waals surface area (Å²) < 4.78 is 24.2. The highest BCUT2D eigenvalue weighted by molar-refractivity contribution is 9.11. The molecule has 2 amide bonds. The van der Waals surface area contributed by atoms with Crippen LogP contribution in [0.4, 0.5) is 0 Å². The van der Waals surface area contributed by atoms with E-state index in [4.69, 9.17) is 0 Å².